The molecule has 0 heterocycles. The largest absolute Gasteiger partial charge is 0.395 e. The van der Waals surface area contributed by atoms with Crippen LogP contribution in [0.2, 0.25) is 0 Å². The molecule has 1 aliphatic rings. The van der Waals surface area contributed by atoms with Crippen LogP contribution in [0.5, 0.6) is 0 Å². The molecule has 1 aliphatic carbocycles. The predicted octanol–water partition coefficient (Wildman–Crippen LogP) is 1.34. The third-order valence-electron chi connectivity index (χ3n) is 5.20. The first kappa shape index (κ1) is 21.6. The van der Waals surface area contributed by atoms with Crippen LogP contribution in [0.25, 0.3) is 0 Å². The van der Waals surface area contributed by atoms with Crippen LogP contribution in [-0.2, 0) is 0 Å². The van der Waals surface area contributed by atoms with Gasteiger partial charge < -0.3 is 21.7 Å². The molecule has 0 saturated heterocycles. The Hall–Kier alpha value is -0.460. The van der Waals surface area contributed by atoms with Crippen molar-refractivity contribution in [2.24, 2.45) is 27.7 Å². The Morgan fingerprint density at radius 2 is 1.75 bits per heavy atom. The fourth-order valence-electron chi connectivity index (χ4n) is 4.45. The van der Waals surface area contributed by atoms with Crippen LogP contribution in [0.4, 0.5) is 0 Å². The molecule has 0 aromatic rings. The second-order valence-electron chi connectivity index (χ2n) is 9.23. The minimum Gasteiger partial charge on any atom is -0.395 e. The first-order chi connectivity index (χ1) is 11.0. The summed E-state index contributed by atoms with van der Waals surface area (Å²) in [5.74, 6) is 0. The number of rotatable bonds is 8. The van der Waals surface area contributed by atoms with E-state index >= 15 is 0 Å². The van der Waals surface area contributed by atoms with Crippen LogP contribution < -0.4 is 11.5 Å². The number of nitrogens with two attached hydrogens (primary N) is 2. The van der Waals surface area contributed by atoms with E-state index in [2.05, 4.69) is 45.6 Å². The molecule has 1 rings (SSSR count). The first-order valence-corrected chi connectivity index (χ1v) is 9.11. The molecule has 2 atom stereocenters. The smallest absolute Gasteiger partial charge is 0.0558 e. The molecule has 142 valence electrons. The van der Waals surface area contributed by atoms with Gasteiger partial charge in [0.15, 0.2) is 0 Å². The lowest BCUT2D eigenvalue weighted by molar-refractivity contribution is 0.127. The van der Waals surface area contributed by atoms with Crippen molar-refractivity contribution < 1.29 is 10.2 Å². The van der Waals surface area contributed by atoms with E-state index in [-0.39, 0.29) is 35.5 Å². The van der Waals surface area contributed by atoms with E-state index < -0.39 is 0 Å². The van der Waals surface area contributed by atoms with E-state index in [1.165, 1.54) is 5.57 Å². The summed E-state index contributed by atoms with van der Waals surface area (Å²) in [6.07, 6.45) is 4.33. The van der Waals surface area contributed by atoms with Crippen molar-refractivity contribution >= 4 is 0 Å². The Morgan fingerprint density at radius 3 is 2.21 bits per heavy atom. The number of hydrogen-bond donors (Lipinski definition) is 4. The van der Waals surface area contributed by atoms with Gasteiger partial charge in [0.2, 0.25) is 0 Å². The van der Waals surface area contributed by atoms with Crippen molar-refractivity contribution in [2.45, 2.75) is 53.5 Å². The predicted molar refractivity (Wildman–Crippen MR) is 101 cm³/mol. The van der Waals surface area contributed by atoms with E-state index in [1.807, 2.05) is 0 Å². The molecule has 0 radical (unpaired) electrons. The van der Waals surface area contributed by atoms with Crippen LogP contribution in [-0.4, -0.2) is 60.5 Å². The average molecular weight is 342 g/mol. The molecule has 0 aromatic heterocycles. The second-order valence-corrected chi connectivity index (χ2v) is 9.23. The van der Waals surface area contributed by atoms with Crippen molar-refractivity contribution in [3.63, 3.8) is 0 Å². The molecule has 0 spiro atoms. The third kappa shape index (κ3) is 5.81. The summed E-state index contributed by atoms with van der Waals surface area (Å²) < 4.78 is 0. The molecule has 2 unspecified atom stereocenters. The average Bonchev–Trinajstić information content (AvgIpc) is 2.42. The molecule has 6 N–H and O–H groups in total. The van der Waals surface area contributed by atoms with Crippen molar-refractivity contribution in [2.75, 3.05) is 39.4 Å². The molecule has 5 nitrogen and oxygen atoms in total. The number of aliphatic hydroxyl groups excluding tert-OH is 2. The summed E-state index contributed by atoms with van der Waals surface area (Å²) in [6, 6.07) is 0.0331. The quantitative estimate of drug-likeness (QED) is 0.500. The van der Waals surface area contributed by atoms with Crippen LogP contribution in [0.1, 0.15) is 47.5 Å². The van der Waals surface area contributed by atoms with Gasteiger partial charge in [0, 0.05) is 37.6 Å². The van der Waals surface area contributed by atoms with Crippen molar-refractivity contribution in [1.82, 2.24) is 4.90 Å². The van der Waals surface area contributed by atoms with Crippen molar-refractivity contribution in [3.8, 4) is 0 Å². The Bertz CT molecular complexity index is 428. The third-order valence-corrected chi connectivity index (χ3v) is 5.20. The Labute approximate surface area is 148 Å². The lowest BCUT2D eigenvalue weighted by Crippen LogP contribution is -2.49. The SMILES string of the molecule is CC(C)(C=C1C(N)CC(C)(C)CC1(C)CN)CN(CCO)CCO. The van der Waals surface area contributed by atoms with Gasteiger partial charge in [-0.1, -0.05) is 40.7 Å². The van der Waals surface area contributed by atoms with E-state index in [0.717, 1.165) is 19.4 Å². The van der Waals surface area contributed by atoms with Gasteiger partial charge >= 0.3 is 0 Å². The summed E-state index contributed by atoms with van der Waals surface area (Å²) in [5.41, 5.74) is 14.0. The van der Waals surface area contributed by atoms with Crippen LogP contribution in [0, 0.1) is 16.2 Å². The van der Waals surface area contributed by atoms with Gasteiger partial charge in [0.05, 0.1) is 13.2 Å². The first-order valence-electron chi connectivity index (χ1n) is 9.11. The molecule has 5 heteroatoms. The molecular formula is C19H39N3O2. The summed E-state index contributed by atoms with van der Waals surface area (Å²) in [6.45, 7) is 13.9. The number of aliphatic hydroxyl groups is 2. The van der Waals surface area contributed by atoms with Crippen molar-refractivity contribution in [1.29, 1.82) is 0 Å². The summed E-state index contributed by atoms with van der Waals surface area (Å²) in [4.78, 5) is 2.09. The Balaban J connectivity index is 3.05. The molecule has 0 aromatic carbocycles. The topological polar surface area (TPSA) is 95.7 Å². The van der Waals surface area contributed by atoms with E-state index in [0.29, 0.717) is 19.6 Å². The van der Waals surface area contributed by atoms with Gasteiger partial charge in [-0.2, -0.15) is 0 Å². The van der Waals surface area contributed by atoms with Gasteiger partial charge in [-0.3, -0.25) is 4.90 Å². The summed E-state index contributed by atoms with van der Waals surface area (Å²) in [5, 5.41) is 18.5. The van der Waals surface area contributed by atoms with Crippen molar-refractivity contribution in [3.05, 3.63) is 11.6 Å². The summed E-state index contributed by atoms with van der Waals surface area (Å²) in [7, 11) is 0. The fourth-order valence-corrected chi connectivity index (χ4v) is 4.45. The highest BCUT2D eigenvalue weighted by Crippen LogP contribution is 2.49. The van der Waals surface area contributed by atoms with Gasteiger partial charge in [0.25, 0.3) is 0 Å². The van der Waals surface area contributed by atoms with Gasteiger partial charge in [-0.05, 0) is 29.2 Å². The molecule has 1 saturated carbocycles. The van der Waals surface area contributed by atoms with Gasteiger partial charge in [-0.25, -0.2) is 0 Å². The standard InChI is InChI=1S/C19H39N3O2/c1-17(2)11-16(21)15(19(5,12-17)13-20)10-18(3,4)14-22(6-8-23)7-9-24/h10,16,23-24H,6-9,11-14,20-21H2,1-5H3. The van der Waals surface area contributed by atoms with Crippen LogP contribution in [0.3, 0.4) is 0 Å². The maximum absolute atomic E-state index is 9.23. The minimum atomic E-state index is -0.102. The van der Waals surface area contributed by atoms with Crippen LogP contribution >= 0.6 is 0 Å². The molecule has 0 aliphatic heterocycles. The highest BCUT2D eigenvalue weighted by atomic mass is 16.3. The van der Waals surface area contributed by atoms with E-state index in [4.69, 9.17) is 11.5 Å². The zero-order valence-corrected chi connectivity index (χ0v) is 16.3. The monoisotopic (exact) mass is 341 g/mol. The second kappa shape index (κ2) is 8.28. The number of nitrogens with zero attached hydrogens (tertiary/aromatic N) is 1. The van der Waals surface area contributed by atoms with E-state index in [9.17, 15) is 10.2 Å². The fraction of sp³-hybridized carbons (Fsp3) is 0.895. The zero-order valence-electron chi connectivity index (χ0n) is 16.3. The van der Waals surface area contributed by atoms with E-state index in [1.54, 1.807) is 0 Å². The Kier molecular flexibility index (Phi) is 7.45. The normalized spacial score (nSPS) is 29.4. The Morgan fingerprint density at radius 1 is 1.21 bits per heavy atom. The lowest BCUT2D eigenvalue weighted by Gasteiger charge is -2.48. The van der Waals surface area contributed by atoms with Crippen LogP contribution in [0.15, 0.2) is 11.6 Å². The molecule has 0 bridgehead atoms. The minimum absolute atomic E-state index is 0.0331. The highest BCUT2D eigenvalue weighted by molar-refractivity contribution is 5.27. The molecular weight excluding hydrogens is 302 g/mol. The molecule has 0 amide bonds. The maximum atomic E-state index is 9.23. The van der Waals surface area contributed by atoms with Gasteiger partial charge in [-0.15, -0.1) is 0 Å². The number of hydrogen-bond acceptors (Lipinski definition) is 5. The lowest BCUT2D eigenvalue weighted by atomic mass is 9.59. The zero-order chi connectivity index (χ0) is 18.6. The maximum Gasteiger partial charge on any atom is 0.0558 e. The highest BCUT2D eigenvalue weighted by Gasteiger charge is 2.43. The molecule has 24 heavy (non-hydrogen) atoms. The van der Waals surface area contributed by atoms with Gasteiger partial charge in [0.1, 0.15) is 0 Å². The summed E-state index contributed by atoms with van der Waals surface area (Å²) >= 11 is 0. The molecule has 1 fully saturated rings.